The van der Waals surface area contributed by atoms with Crippen LogP contribution in [0, 0.1) is 10.5 Å². The third kappa shape index (κ3) is 5.42. The van der Waals surface area contributed by atoms with Gasteiger partial charge in [-0.1, -0.05) is 28.1 Å². The number of hydrogen-bond acceptors (Lipinski definition) is 3. The van der Waals surface area contributed by atoms with Crippen molar-refractivity contribution in [2.75, 3.05) is 11.9 Å². The maximum Gasteiger partial charge on any atom is 0.259 e. The molecule has 2 rings (SSSR count). The summed E-state index contributed by atoms with van der Waals surface area (Å²) in [7, 11) is 0. The summed E-state index contributed by atoms with van der Waals surface area (Å²) >= 11 is 5.66. The van der Waals surface area contributed by atoms with Crippen LogP contribution < -0.4 is 10.7 Å². The minimum Gasteiger partial charge on any atom is -0.376 e. The number of nitrogens with one attached hydrogen (secondary N) is 2. The summed E-state index contributed by atoms with van der Waals surface area (Å²) in [5.74, 6) is -0.192. The fraction of sp³-hybridized carbons (Fsp3) is 0.125. The van der Waals surface area contributed by atoms with Gasteiger partial charge in [0, 0.05) is 13.7 Å². The molecule has 0 fully saturated rings. The zero-order valence-electron chi connectivity index (χ0n) is 11.9. The first-order valence-corrected chi connectivity index (χ1v) is 8.49. The van der Waals surface area contributed by atoms with E-state index in [0.29, 0.717) is 0 Å². The number of anilines is 1. The van der Waals surface area contributed by atoms with Gasteiger partial charge in [0.15, 0.2) is 0 Å². The number of carbonyl (C=O) groups excluding carboxylic acids is 1. The Labute approximate surface area is 151 Å². The molecule has 0 atom stereocenters. The van der Waals surface area contributed by atoms with Crippen LogP contribution in [0.25, 0.3) is 0 Å². The van der Waals surface area contributed by atoms with E-state index in [1.165, 1.54) is 9.13 Å². The summed E-state index contributed by atoms with van der Waals surface area (Å²) in [6.07, 6.45) is 1.61. The van der Waals surface area contributed by atoms with Crippen LogP contribution in [0.4, 0.5) is 5.69 Å². The summed E-state index contributed by atoms with van der Waals surface area (Å²) < 4.78 is 2.17. The van der Waals surface area contributed by atoms with Crippen LogP contribution in [0.3, 0.4) is 0 Å². The quantitative estimate of drug-likeness (QED) is 0.394. The number of aryl methyl sites for hydroxylation is 1. The van der Waals surface area contributed by atoms with E-state index in [-0.39, 0.29) is 12.5 Å². The average molecular weight is 472 g/mol. The first-order valence-electron chi connectivity index (χ1n) is 6.62. The molecule has 0 saturated heterocycles. The van der Waals surface area contributed by atoms with Gasteiger partial charge in [-0.3, -0.25) is 4.79 Å². The predicted molar refractivity (Wildman–Crippen MR) is 102 cm³/mol. The van der Waals surface area contributed by atoms with Gasteiger partial charge in [-0.15, -0.1) is 0 Å². The van der Waals surface area contributed by atoms with Crippen molar-refractivity contribution >= 4 is 56.3 Å². The van der Waals surface area contributed by atoms with Gasteiger partial charge in [0.25, 0.3) is 5.91 Å². The van der Waals surface area contributed by atoms with Gasteiger partial charge < -0.3 is 5.32 Å². The molecule has 0 saturated carbocycles. The van der Waals surface area contributed by atoms with Gasteiger partial charge >= 0.3 is 0 Å². The molecule has 0 radical (unpaired) electrons. The molecule has 0 aromatic heterocycles. The largest absolute Gasteiger partial charge is 0.376 e. The zero-order chi connectivity index (χ0) is 15.9. The summed E-state index contributed by atoms with van der Waals surface area (Å²) in [6, 6.07) is 13.7. The molecule has 6 heteroatoms. The molecule has 114 valence electrons. The minimum absolute atomic E-state index is 0.176. The molecule has 0 unspecified atom stereocenters. The standard InChI is InChI=1S/C16H15BrIN3O/c1-11-7-14(5-6-15(11)18)19-10-16(22)21-20-9-12-3-2-4-13(17)8-12/h2-9,19H,10H2,1H3,(H,21,22)/b20-9-. The smallest absolute Gasteiger partial charge is 0.259 e. The molecule has 1 amide bonds. The van der Waals surface area contributed by atoms with Crippen molar-refractivity contribution in [2.24, 2.45) is 5.10 Å². The van der Waals surface area contributed by atoms with Crippen molar-refractivity contribution in [3.05, 3.63) is 61.6 Å². The van der Waals surface area contributed by atoms with E-state index in [9.17, 15) is 4.79 Å². The van der Waals surface area contributed by atoms with E-state index >= 15 is 0 Å². The van der Waals surface area contributed by atoms with Crippen LogP contribution in [0.2, 0.25) is 0 Å². The van der Waals surface area contributed by atoms with Crippen molar-refractivity contribution in [1.82, 2.24) is 5.43 Å². The topological polar surface area (TPSA) is 53.5 Å². The fourth-order valence-corrected chi connectivity index (χ4v) is 2.49. The molecule has 2 aromatic carbocycles. The number of halogens is 2. The van der Waals surface area contributed by atoms with E-state index < -0.39 is 0 Å². The molecule has 2 N–H and O–H groups in total. The highest BCUT2D eigenvalue weighted by Crippen LogP contribution is 2.16. The molecule has 0 bridgehead atoms. The van der Waals surface area contributed by atoms with Crippen molar-refractivity contribution in [1.29, 1.82) is 0 Å². The van der Waals surface area contributed by atoms with E-state index in [1.54, 1.807) is 6.21 Å². The zero-order valence-corrected chi connectivity index (χ0v) is 15.7. The Kier molecular flexibility index (Phi) is 6.38. The highest BCUT2D eigenvalue weighted by atomic mass is 127. The second-order valence-corrected chi connectivity index (χ2v) is 6.74. The molecule has 0 aliphatic carbocycles. The lowest BCUT2D eigenvalue weighted by Gasteiger charge is -2.07. The number of carbonyl (C=O) groups is 1. The second-order valence-electron chi connectivity index (χ2n) is 4.67. The maximum absolute atomic E-state index is 11.7. The third-order valence-corrected chi connectivity index (χ3v) is 4.57. The molecular weight excluding hydrogens is 457 g/mol. The average Bonchev–Trinajstić information content (AvgIpc) is 2.48. The van der Waals surface area contributed by atoms with Gasteiger partial charge in [-0.25, -0.2) is 5.43 Å². The lowest BCUT2D eigenvalue weighted by Crippen LogP contribution is -2.25. The number of nitrogens with zero attached hydrogens (tertiary/aromatic N) is 1. The van der Waals surface area contributed by atoms with Crippen LogP contribution in [0.1, 0.15) is 11.1 Å². The number of amides is 1. The molecule has 0 spiro atoms. The van der Waals surface area contributed by atoms with Crippen molar-refractivity contribution in [3.8, 4) is 0 Å². The lowest BCUT2D eigenvalue weighted by atomic mass is 10.2. The Morgan fingerprint density at radius 2 is 2.14 bits per heavy atom. The third-order valence-electron chi connectivity index (χ3n) is 2.86. The molecule has 0 heterocycles. The Morgan fingerprint density at radius 1 is 1.32 bits per heavy atom. The van der Waals surface area contributed by atoms with E-state index in [1.807, 2.05) is 49.4 Å². The van der Waals surface area contributed by atoms with Crippen molar-refractivity contribution in [3.63, 3.8) is 0 Å². The van der Waals surface area contributed by atoms with Crippen molar-refractivity contribution in [2.45, 2.75) is 6.92 Å². The predicted octanol–water partition coefficient (Wildman–Crippen LogP) is 3.92. The first kappa shape index (κ1) is 17.0. The number of benzene rings is 2. The van der Waals surface area contributed by atoms with Crippen LogP contribution in [-0.4, -0.2) is 18.7 Å². The maximum atomic E-state index is 11.7. The Balaban J connectivity index is 1.81. The van der Waals surface area contributed by atoms with Gasteiger partial charge in [0.2, 0.25) is 0 Å². The number of hydrazone groups is 1. The van der Waals surface area contributed by atoms with E-state index in [4.69, 9.17) is 0 Å². The summed E-state index contributed by atoms with van der Waals surface area (Å²) in [5.41, 5.74) is 5.51. The monoisotopic (exact) mass is 471 g/mol. The van der Waals surface area contributed by atoms with Crippen LogP contribution in [0.5, 0.6) is 0 Å². The van der Waals surface area contributed by atoms with Gasteiger partial charge in [0.1, 0.15) is 0 Å². The molecule has 0 aliphatic heterocycles. The van der Waals surface area contributed by atoms with Crippen LogP contribution in [0.15, 0.2) is 52.0 Å². The van der Waals surface area contributed by atoms with Gasteiger partial charge in [-0.05, 0) is 71.0 Å². The molecule has 4 nitrogen and oxygen atoms in total. The Morgan fingerprint density at radius 3 is 2.86 bits per heavy atom. The molecule has 2 aromatic rings. The van der Waals surface area contributed by atoms with Crippen LogP contribution in [-0.2, 0) is 4.79 Å². The van der Waals surface area contributed by atoms with Gasteiger partial charge in [0.05, 0.1) is 12.8 Å². The van der Waals surface area contributed by atoms with Crippen molar-refractivity contribution < 1.29 is 4.79 Å². The molecule has 0 aliphatic rings. The van der Waals surface area contributed by atoms with Gasteiger partial charge in [-0.2, -0.15) is 5.10 Å². The second kappa shape index (κ2) is 8.28. The first-order chi connectivity index (χ1) is 10.5. The highest BCUT2D eigenvalue weighted by molar-refractivity contribution is 14.1. The summed E-state index contributed by atoms with van der Waals surface area (Å²) in [5, 5.41) is 7.01. The lowest BCUT2D eigenvalue weighted by molar-refractivity contribution is -0.119. The number of hydrogen-bond donors (Lipinski definition) is 2. The fourth-order valence-electron chi connectivity index (χ4n) is 1.74. The van der Waals surface area contributed by atoms with E-state index in [2.05, 4.69) is 54.4 Å². The van der Waals surface area contributed by atoms with E-state index in [0.717, 1.165) is 15.7 Å². The summed E-state index contributed by atoms with van der Waals surface area (Å²) in [6.45, 7) is 2.21. The number of rotatable bonds is 5. The molecular formula is C16H15BrIN3O. The Bertz CT molecular complexity index is 704. The Hall–Kier alpha value is -1.41. The SMILES string of the molecule is Cc1cc(NCC(=O)N/N=C\c2cccc(Br)c2)ccc1I. The molecule has 22 heavy (non-hydrogen) atoms. The minimum atomic E-state index is -0.192. The highest BCUT2D eigenvalue weighted by Gasteiger charge is 2.01. The summed E-state index contributed by atoms with van der Waals surface area (Å²) in [4.78, 5) is 11.7. The normalized spacial score (nSPS) is 10.7. The van der Waals surface area contributed by atoms with Crippen LogP contribution >= 0.6 is 38.5 Å².